The highest BCUT2D eigenvalue weighted by atomic mass is 16.2. The molecule has 1 aliphatic rings. The zero-order valence-electron chi connectivity index (χ0n) is 8.43. The Morgan fingerprint density at radius 1 is 1.60 bits per heavy atom. The van der Waals surface area contributed by atoms with Gasteiger partial charge in [-0.05, 0) is 30.3 Å². The van der Waals surface area contributed by atoms with Gasteiger partial charge in [-0.2, -0.15) is 0 Å². The van der Waals surface area contributed by atoms with Gasteiger partial charge in [0.05, 0.1) is 0 Å². The predicted octanol–water partition coefficient (Wildman–Crippen LogP) is 0.523. The predicted molar refractivity (Wildman–Crippen MR) is 56.1 cm³/mol. The molecule has 0 amide bonds. The second kappa shape index (κ2) is 3.47. The number of nitrogens with zero attached hydrogens (tertiary/aromatic N) is 1. The van der Waals surface area contributed by atoms with Crippen molar-refractivity contribution < 1.29 is 9.59 Å². The molecule has 4 nitrogen and oxygen atoms in total. The highest BCUT2D eigenvalue weighted by molar-refractivity contribution is 6.27. The fourth-order valence-electron chi connectivity index (χ4n) is 2.04. The minimum Gasteiger partial charge on any atom is -0.399 e. The number of fused-ring (bicyclic) bond motifs is 1. The van der Waals surface area contributed by atoms with Crippen LogP contribution in [0.25, 0.3) is 0 Å². The zero-order chi connectivity index (χ0) is 11.0. The van der Waals surface area contributed by atoms with Crippen LogP contribution >= 0.6 is 0 Å². The molecule has 0 aliphatic carbocycles. The lowest BCUT2D eigenvalue weighted by Crippen LogP contribution is -2.25. The van der Waals surface area contributed by atoms with Crippen LogP contribution in [0.3, 0.4) is 0 Å². The molecule has 1 heterocycles. The van der Waals surface area contributed by atoms with E-state index in [0.29, 0.717) is 18.5 Å². The van der Waals surface area contributed by atoms with Crippen molar-refractivity contribution in [3.05, 3.63) is 29.3 Å². The Morgan fingerprint density at radius 3 is 3.00 bits per heavy atom. The molecule has 78 valence electrons. The van der Waals surface area contributed by atoms with Crippen molar-refractivity contribution in [1.82, 2.24) is 4.90 Å². The Hall–Kier alpha value is -1.68. The molecular weight excluding hydrogens is 192 g/mol. The average Bonchev–Trinajstić information content (AvgIpc) is 2.52. The number of nitrogens with two attached hydrogens (primary N) is 1. The Morgan fingerprint density at radius 2 is 2.33 bits per heavy atom. The van der Waals surface area contributed by atoms with Crippen molar-refractivity contribution in [1.29, 1.82) is 0 Å². The van der Waals surface area contributed by atoms with E-state index in [1.165, 1.54) is 0 Å². The zero-order valence-corrected chi connectivity index (χ0v) is 8.43. The van der Waals surface area contributed by atoms with Crippen molar-refractivity contribution in [3.8, 4) is 0 Å². The number of rotatable bonds is 2. The molecule has 1 unspecified atom stereocenters. The second-order valence-electron chi connectivity index (χ2n) is 3.80. The summed E-state index contributed by atoms with van der Waals surface area (Å²) in [7, 11) is 1.82. The number of hydrogen-bond donors (Lipinski definition) is 1. The van der Waals surface area contributed by atoms with Crippen LogP contribution in [0.15, 0.2) is 18.2 Å². The van der Waals surface area contributed by atoms with E-state index in [9.17, 15) is 9.59 Å². The quantitative estimate of drug-likeness (QED) is 0.433. The Labute approximate surface area is 87.7 Å². The van der Waals surface area contributed by atoms with E-state index in [4.69, 9.17) is 5.73 Å². The first-order valence-electron chi connectivity index (χ1n) is 4.71. The minimum absolute atomic E-state index is 0.374. The smallest absolute Gasteiger partial charge is 0.216 e. The maximum atomic E-state index is 11.4. The van der Waals surface area contributed by atoms with E-state index in [-0.39, 0.29) is 0 Å². The van der Waals surface area contributed by atoms with Crippen molar-refractivity contribution in [2.75, 3.05) is 12.8 Å². The minimum atomic E-state index is -0.457. The highest BCUT2D eigenvalue weighted by Gasteiger charge is 2.32. The van der Waals surface area contributed by atoms with Crippen molar-refractivity contribution >= 4 is 17.8 Å². The number of carbonyl (C=O) groups is 2. The van der Waals surface area contributed by atoms with Crippen LogP contribution in [0.1, 0.15) is 17.2 Å². The number of carbonyl (C=O) groups excluding carboxylic acids is 2. The molecular formula is C11H12N2O2. The summed E-state index contributed by atoms with van der Waals surface area (Å²) < 4.78 is 0. The average molecular weight is 204 g/mol. The summed E-state index contributed by atoms with van der Waals surface area (Å²) in [5, 5.41) is 0. The number of benzene rings is 1. The van der Waals surface area contributed by atoms with Crippen molar-refractivity contribution in [2.24, 2.45) is 0 Å². The molecule has 0 spiro atoms. The Kier molecular flexibility index (Phi) is 2.28. The van der Waals surface area contributed by atoms with Crippen molar-refractivity contribution in [2.45, 2.75) is 12.6 Å². The summed E-state index contributed by atoms with van der Waals surface area (Å²) in [6.45, 7) is 0.680. The van der Waals surface area contributed by atoms with Crippen LogP contribution in [0.2, 0.25) is 0 Å². The normalized spacial score (nSPS) is 19.9. The second-order valence-corrected chi connectivity index (χ2v) is 3.80. The summed E-state index contributed by atoms with van der Waals surface area (Å²) in [5.41, 5.74) is 8.20. The SMILES string of the molecule is CN1Cc2ccc(N)cc2C1C(=O)C=O. The summed E-state index contributed by atoms with van der Waals surface area (Å²) >= 11 is 0. The number of Topliss-reactive ketones (excluding diaryl/α,β-unsaturated/α-hetero) is 1. The van der Waals surface area contributed by atoms with Crippen LogP contribution in [-0.4, -0.2) is 24.0 Å². The van der Waals surface area contributed by atoms with Gasteiger partial charge in [0, 0.05) is 12.2 Å². The fourth-order valence-corrected chi connectivity index (χ4v) is 2.04. The van der Waals surface area contributed by atoms with Crippen LogP contribution in [0, 0.1) is 0 Å². The van der Waals surface area contributed by atoms with Crippen LogP contribution in [0.5, 0.6) is 0 Å². The lowest BCUT2D eigenvalue weighted by atomic mass is 10.0. The molecule has 1 aromatic rings. The van der Waals surface area contributed by atoms with E-state index in [1.54, 1.807) is 12.1 Å². The van der Waals surface area contributed by atoms with Gasteiger partial charge in [0.25, 0.3) is 0 Å². The van der Waals surface area contributed by atoms with Gasteiger partial charge in [0.15, 0.2) is 6.29 Å². The molecule has 0 aromatic heterocycles. The monoisotopic (exact) mass is 204 g/mol. The van der Waals surface area contributed by atoms with Gasteiger partial charge in [0.1, 0.15) is 6.04 Å². The van der Waals surface area contributed by atoms with Gasteiger partial charge in [-0.1, -0.05) is 6.07 Å². The lowest BCUT2D eigenvalue weighted by Gasteiger charge is -2.15. The van der Waals surface area contributed by atoms with Gasteiger partial charge in [-0.25, -0.2) is 0 Å². The first-order chi connectivity index (χ1) is 7.13. The number of aldehydes is 1. The van der Waals surface area contributed by atoms with Crippen LogP contribution in [0.4, 0.5) is 5.69 Å². The summed E-state index contributed by atoms with van der Waals surface area (Å²) in [6.07, 6.45) is 0.374. The number of ketones is 1. The summed E-state index contributed by atoms with van der Waals surface area (Å²) in [4.78, 5) is 23.8. The van der Waals surface area contributed by atoms with Crippen LogP contribution in [-0.2, 0) is 16.1 Å². The standard InChI is InChI=1S/C11H12N2O2/c1-13-5-7-2-3-8(12)4-9(7)11(13)10(15)6-14/h2-4,6,11H,5,12H2,1H3. The maximum Gasteiger partial charge on any atom is 0.216 e. The molecule has 2 N–H and O–H groups in total. The largest absolute Gasteiger partial charge is 0.399 e. The molecule has 15 heavy (non-hydrogen) atoms. The number of hydrogen-bond acceptors (Lipinski definition) is 4. The van der Waals surface area contributed by atoms with Crippen molar-refractivity contribution in [3.63, 3.8) is 0 Å². The van der Waals surface area contributed by atoms with Crippen LogP contribution < -0.4 is 5.73 Å². The molecule has 4 heteroatoms. The molecule has 0 saturated heterocycles. The number of likely N-dealkylation sites (N-methyl/N-ethyl adjacent to an activating group) is 1. The van der Waals surface area contributed by atoms with E-state index in [2.05, 4.69) is 0 Å². The van der Waals surface area contributed by atoms with E-state index >= 15 is 0 Å². The first-order valence-corrected chi connectivity index (χ1v) is 4.71. The lowest BCUT2D eigenvalue weighted by molar-refractivity contribution is -0.133. The van der Waals surface area contributed by atoms with Gasteiger partial charge >= 0.3 is 0 Å². The Bertz CT molecular complexity index is 429. The molecule has 0 radical (unpaired) electrons. The van der Waals surface area contributed by atoms with Gasteiger partial charge in [0.2, 0.25) is 5.78 Å². The topological polar surface area (TPSA) is 63.4 Å². The molecule has 0 bridgehead atoms. The van der Waals surface area contributed by atoms with E-state index in [1.807, 2.05) is 18.0 Å². The summed E-state index contributed by atoms with van der Waals surface area (Å²) in [5.74, 6) is -0.415. The third-order valence-electron chi connectivity index (χ3n) is 2.71. The number of nitrogen functional groups attached to an aromatic ring is 1. The Balaban J connectivity index is 2.48. The molecule has 1 atom stereocenters. The third-order valence-corrected chi connectivity index (χ3v) is 2.71. The maximum absolute atomic E-state index is 11.4. The van der Waals surface area contributed by atoms with Gasteiger partial charge in [-0.15, -0.1) is 0 Å². The van der Waals surface area contributed by atoms with Gasteiger partial charge in [-0.3, -0.25) is 14.5 Å². The molecule has 0 saturated carbocycles. The highest BCUT2D eigenvalue weighted by Crippen LogP contribution is 2.33. The first kappa shape index (κ1) is 9.86. The third kappa shape index (κ3) is 1.53. The van der Waals surface area contributed by atoms with Gasteiger partial charge < -0.3 is 5.73 Å². The van der Waals surface area contributed by atoms with E-state index < -0.39 is 11.8 Å². The molecule has 0 fully saturated rings. The molecule has 1 aromatic carbocycles. The summed E-state index contributed by atoms with van der Waals surface area (Å²) in [6, 6.07) is 5.02. The molecule has 1 aliphatic heterocycles. The fraction of sp³-hybridized carbons (Fsp3) is 0.273. The molecule has 2 rings (SSSR count). The van der Waals surface area contributed by atoms with E-state index in [0.717, 1.165) is 11.1 Å². The number of anilines is 1.